The van der Waals surface area contributed by atoms with Crippen LogP contribution in [0, 0.1) is 17.3 Å². The van der Waals surface area contributed by atoms with Gasteiger partial charge >= 0.3 is 0 Å². The van der Waals surface area contributed by atoms with Gasteiger partial charge in [0.1, 0.15) is 0 Å². The Morgan fingerprint density at radius 2 is 2.12 bits per heavy atom. The topological polar surface area (TPSA) is 32.3 Å². The van der Waals surface area contributed by atoms with Gasteiger partial charge in [-0.15, -0.1) is 0 Å². The molecule has 2 aliphatic heterocycles. The summed E-state index contributed by atoms with van der Waals surface area (Å²) in [6.45, 7) is 10.6. The lowest BCUT2D eigenvalue weighted by Crippen LogP contribution is -2.52. The van der Waals surface area contributed by atoms with E-state index in [1.807, 2.05) is 0 Å². The second-order valence-electron chi connectivity index (χ2n) is 6.23. The third kappa shape index (κ3) is 2.40. The van der Waals surface area contributed by atoms with Gasteiger partial charge in [-0.2, -0.15) is 0 Å². The third-order valence-corrected chi connectivity index (χ3v) is 4.12. The molecule has 2 fully saturated rings. The summed E-state index contributed by atoms with van der Waals surface area (Å²) < 4.78 is 0. The van der Waals surface area contributed by atoms with Gasteiger partial charge in [0, 0.05) is 19.0 Å². The first-order valence-corrected chi connectivity index (χ1v) is 6.49. The van der Waals surface area contributed by atoms with Crippen molar-refractivity contribution in [2.45, 2.75) is 33.6 Å². The van der Waals surface area contributed by atoms with E-state index in [9.17, 15) is 4.79 Å². The second-order valence-corrected chi connectivity index (χ2v) is 6.23. The molecule has 2 aliphatic rings. The van der Waals surface area contributed by atoms with Crippen molar-refractivity contribution >= 4 is 5.91 Å². The molecule has 0 spiro atoms. The Labute approximate surface area is 98.6 Å². The number of carbonyl (C=O) groups is 1. The molecule has 3 nitrogen and oxygen atoms in total. The first-order valence-electron chi connectivity index (χ1n) is 6.49. The molecule has 2 rings (SSSR count). The quantitative estimate of drug-likeness (QED) is 0.771. The van der Waals surface area contributed by atoms with Gasteiger partial charge in [-0.25, -0.2) is 0 Å². The van der Waals surface area contributed by atoms with Gasteiger partial charge in [0.2, 0.25) is 5.91 Å². The second kappa shape index (κ2) is 4.36. The molecule has 1 N–H and O–H groups in total. The number of nitrogens with zero attached hydrogens (tertiary/aromatic N) is 1. The summed E-state index contributed by atoms with van der Waals surface area (Å²) in [5.74, 6) is 1.15. The van der Waals surface area contributed by atoms with Crippen LogP contribution >= 0.6 is 0 Å². The van der Waals surface area contributed by atoms with E-state index < -0.39 is 0 Å². The lowest BCUT2D eigenvalue weighted by Gasteiger charge is -2.41. The van der Waals surface area contributed by atoms with Gasteiger partial charge in [-0.3, -0.25) is 4.79 Å². The molecular formula is C13H24N2O. The maximum Gasteiger partial charge on any atom is 0.225 e. The highest BCUT2D eigenvalue weighted by molar-refractivity contribution is 5.79. The highest BCUT2D eigenvalue weighted by atomic mass is 16.2. The first-order chi connectivity index (χ1) is 7.49. The zero-order chi connectivity index (χ0) is 11.8. The summed E-state index contributed by atoms with van der Waals surface area (Å²) in [4.78, 5) is 14.4. The minimum absolute atomic E-state index is 0.204. The van der Waals surface area contributed by atoms with Crippen molar-refractivity contribution in [2.24, 2.45) is 17.3 Å². The Morgan fingerprint density at radius 1 is 1.44 bits per heavy atom. The van der Waals surface area contributed by atoms with Crippen molar-refractivity contribution in [3.8, 4) is 0 Å². The summed E-state index contributed by atoms with van der Waals surface area (Å²) in [6.07, 6.45) is 2.41. The summed E-state index contributed by atoms with van der Waals surface area (Å²) in [5.41, 5.74) is 0.311. The van der Waals surface area contributed by atoms with E-state index in [0.29, 0.717) is 17.2 Å². The van der Waals surface area contributed by atoms with Gasteiger partial charge in [0.15, 0.2) is 0 Å². The molecule has 1 unspecified atom stereocenters. The van der Waals surface area contributed by atoms with Crippen LogP contribution in [-0.4, -0.2) is 37.0 Å². The van der Waals surface area contributed by atoms with E-state index in [0.717, 1.165) is 32.6 Å². The lowest BCUT2D eigenvalue weighted by atomic mass is 9.82. The minimum atomic E-state index is 0.204. The molecule has 3 heteroatoms. The highest BCUT2D eigenvalue weighted by Gasteiger charge is 2.35. The number of nitrogens with one attached hydrogen (secondary N) is 1. The van der Waals surface area contributed by atoms with E-state index in [1.165, 1.54) is 6.42 Å². The molecule has 1 atom stereocenters. The number of hydrogen-bond donors (Lipinski definition) is 1. The molecule has 0 bridgehead atoms. The average Bonchev–Trinajstić information content (AvgIpc) is 2.12. The molecule has 16 heavy (non-hydrogen) atoms. The SMILES string of the molecule is CC(C(=O)N1CCCC(C)(C)C1)C1CNC1. The zero-order valence-electron chi connectivity index (χ0n) is 10.8. The average molecular weight is 224 g/mol. The summed E-state index contributed by atoms with van der Waals surface area (Å²) in [7, 11) is 0. The molecule has 92 valence electrons. The normalized spacial score (nSPS) is 27.3. The van der Waals surface area contributed by atoms with Crippen LogP contribution in [0.1, 0.15) is 33.6 Å². The summed E-state index contributed by atoms with van der Waals surface area (Å²) >= 11 is 0. The van der Waals surface area contributed by atoms with Crippen molar-refractivity contribution in [1.29, 1.82) is 0 Å². The highest BCUT2D eigenvalue weighted by Crippen LogP contribution is 2.30. The Morgan fingerprint density at radius 3 is 2.62 bits per heavy atom. The Hall–Kier alpha value is -0.570. The predicted octanol–water partition coefficient (Wildman–Crippen LogP) is 1.49. The molecule has 0 radical (unpaired) electrons. The summed E-state index contributed by atoms with van der Waals surface area (Å²) in [5, 5.41) is 3.25. The number of piperidine rings is 1. The van der Waals surface area contributed by atoms with E-state index in [2.05, 4.69) is 31.0 Å². The number of likely N-dealkylation sites (tertiary alicyclic amines) is 1. The maximum atomic E-state index is 12.3. The lowest BCUT2D eigenvalue weighted by molar-refractivity contribution is -0.140. The van der Waals surface area contributed by atoms with Crippen molar-refractivity contribution in [3.63, 3.8) is 0 Å². The molecule has 0 saturated carbocycles. The van der Waals surface area contributed by atoms with Crippen LogP contribution in [0.15, 0.2) is 0 Å². The molecule has 2 saturated heterocycles. The molecule has 0 aromatic carbocycles. The van der Waals surface area contributed by atoms with Crippen LogP contribution in [0.4, 0.5) is 0 Å². The number of hydrogen-bond acceptors (Lipinski definition) is 2. The van der Waals surface area contributed by atoms with Crippen molar-refractivity contribution in [1.82, 2.24) is 10.2 Å². The number of rotatable bonds is 2. The van der Waals surface area contributed by atoms with Crippen molar-refractivity contribution < 1.29 is 4.79 Å². The Bertz CT molecular complexity index is 271. The van der Waals surface area contributed by atoms with Crippen LogP contribution in [0.5, 0.6) is 0 Å². The van der Waals surface area contributed by atoms with E-state index in [4.69, 9.17) is 0 Å². The number of amides is 1. The van der Waals surface area contributed by atoms with Gasteiger partial charge in [0.05, 0.1) is 0 Å². The fraction of sp³-hybridized carbons (Fsp3) is 0.923. The molecule has 2 heterocycles. The standard InChI is InChI=1S/C13H24N2O/c1-10(11-7-14-8-11)12(16)15-6-4-5-13(2,3)9-15/h10-11,14H,4-9H2,1-3H3. The minimum Gasteiger partial charge on any atom is -0.342 e. The van der Waals surface area contributed by atoms with Crippen LogP contribution in [0.25, 0.3) is 0 Å². The predicted molar refractivity (Wildman–Crippen MR) is 65.1 cm³/mol. The van der Waals surface area contributed by atoms with Crippen LogP contribution in [-0.2, 0) is 4.79 Å². The third-order valence-electron chi connectivity index (χ3n) is 4.12. The van der Waals surface area contributed by atoms with Gasteiger partial charge in [0.25, 0.3) is 0 Å². The molecule has 0 aromatic rings. The zero-order valence-corrected chi connectivity index (χ0v) is 10.8. The van der Waals surface area contributed by atoms with Crippen LogP contribution < -0.4 is 5.32 Å². The van der Waals surface area contributed by atoms with Gasteiger partial charge in [-0.05, 0) is 37.3 Å². The molecular weight excluding hydrogens is 200 g/mol. The van der Waals surface area contributed by atoms with Crippen LogP contribution in [0.3, 0.4) is 0 Å². The fourth-order valence-electron chi connectivity index (χ4n) is 2.77. The van der Waals surface area contributed by atoms with Gasteiger partial charge < -0.3 is 10.2 Å². The number of carbonyl (C=O) groups excluding carboxylic acids is 1. The maximum absolute atomic E-state index is 12.3. The first kappa shape index (κ1) is 11.9. The fourth-order valence-corrected chi connectivity index (χ4v) is 2.77. The largest absolute Gasteiger partial charge is 0.342 e. The van der Waals surface area contributed by atoms with E-state index in [-0.39, 0.29) is 5.92 Å². The molecule has 0 aromatic heterocycles. The van der Waals surface area contributed by atoms with Crippen LogP contribution in [0.2, 0.25) is 0 Å². The van der Waals surface area contributed by atoms with E-state index in [1.54, 1.807) is 0 Å². The van der Waals surface area contributed by atoms with Gasteiger partial charge in [-0.1, -0.05) is 20.8 Å². The molecule has 1 amide bonds. The smallest absolute Gasteiger partial charge is 0.225 e. The monoisotopic (exact) mass is 224 g/mol. The summed E-state index contributed by atoms with van der Waals surface area (Å²) in [6, 6.07) is 0. The van der Waals surface area contributed by atoms with E-state index >= 15 is 0 Å². The Balaban J connectivity index is 1.93. The van der Waals surface area contributed by atoms with Crippen molar-refractivity contribution in [3.05, 3.63) is 0 Å². The molecule has 0 aliphatic carbocycles. The van der Waals surface area contributed by atoms with Crippen molar-refractivity contribution in [2.75, 3.05) is 26.2 Å². The Kier molecular flexibility index (Phi) is 3.24.